The molecule has 6 nitrogen and oxygen atoms in total. The zero-order chi connectivity index (χ0) is 17.3. The van der Waals surface area contributed by atoms with Gasteiger partial charge in [-0.3, -0.25) is 9.97 Å². The quantitative estimate of drug-likeness (QED) is 0.505. The van der Waals surface area contributed by atoms with Crippen LogP contribution >= 0.6 is 0 Å². The summed E-state index contributed by atoms with van der Waals surface area (Å²) in [6.07, 6.45) is 7.13. The first-order valence-electron chi connectivity index (χ1n) is 8.31. The van der Waals surface area contributed by atoms with Gasteiger partial charge < -0.3 is 0 Å². The van der Waals surface area contributed by atoms with E-state index in [1.165, 1.54) is 0 Å². The minimum atomic E-state index is -0.104. The summed E-state index contributed by atoms with van der Waals surface area (Å²) in [6.45, 7) is 0. The summed E-state index contributed by atoms with van der Waals surface area (Å²) in [4.78, 5) is 8.56. The number of nitrogens with zero attached hydrogens (tertiary/aromatic N) is 6. The van der Waals surface area contributed by atoms with Gasteiger partial charge in [-0.1, -0.05) is 12.1 Å². The van der Waals surface area contributed by atoms with Crippen molar-refractivity contribution in [1.82, 2.24) is 29.8 Å². The molecule has 0 saturated carbocycles. The molecule has 0 spiro atoms. The van der Waals surface area contributed by atoms with Gasteiger partial charge in [-0.15, -0.1) is 10.2 Å². The molecule has 0 N–H and O–H groups in total. The van der Waals surface area contributed by atoms with Crippen LogP contribution < -0.4 is 0 Å². The third-order valence-corrected chi connectivity index (χ3v) is 4.46. The zero-order valence-electron chi connectivity index (χ0n) is 13.8. The summed E-state index contributed by atoms with van der Waals surface area (Å²) in [6, 6.07) is 18.0. The molecule has 0 aliphatic heterocycles. The monoisotopic (exact) mass is 338 g/mol. The van der Waals surface area contributed by atoms with Crippen molar-refractivity contribution < 1.29 is 0 Å². The lowest BCUT2D eigenvalue weighted by molar-refractivity contribution is 0.776. The van der Waals surface area contributed by atoms with Crippen LogP contribution in [0, 0.1) is 0 Å². The fourth-order valence-electron chi connectivity index (χ4n) is 3.26. The van der Waals surface area contributed by atoms with Crippen LogP contribution in [0.5, 0.6) is 0 Å². The molecule has 124 valence electrons. The number of rotatable bonds is 3. The number of pyridine rings is 2. The van der Waals surface area contributed by atoms with Crippen LogP contribution in [-0.4, -0.2) is 29.8 Å². The highest BCUT2D eigenvalue weighted by molar-refractivity contribution is 5.79. The van der Waals surface area contributed by atoms with Gasteiger partial charge >= 0.3 is 0 Å². The van der Waals surface area contributed by atoms with E-state index in [2.05, 4.69) is 43.5 Å². The Bertz CT molecular complexity index is 1200. The molecule has 0 saturated heterocycles. The Balaban J connectivity index is 1.76. The first-order chi connectivity index (χ1) is 12.9. The molecular weight excluding hydrogens is 324 g/mol. The summed E-state index contributed by atoms with van der Waals surface area (Å²) in [5.74, 6) is 0.669. The molecule has 0 fully saturated rings. The van der Waals surface area contributed by atoms with Crippen molar-refractivity contribution in [3.05, 3.63) is 96.3 Å². The Kier molecular flexibility index (Phi) is 3.38. The zero-order valence-corrected chi connectivity index (χ0v) is 13.8. The maximum absolute atomic E-state index is 4.44. The van der Waals surface area contributed by atoms with E-state index in [1.54, 1.807) is 29.3 Å². The second kappa shape index (κ2) is 6.00. The fourth-order valence-corrected chi connectivity index (χ4v) is 3.26. The third kappa shape index (κ3) is 2.39. The van der Waals surface area contributed by atoms with Gasteiger partial charge in [-0.2, -0.15) is 9.61 Å². The van der Waals surface area contributed by atoms with Crippen LogP contribution in [0.25, 0.3) is 16.6 Å². The Morgan fingerprint density at radius 2 is 1.65 bits per heavy atom. The van der Waals surface area contributed by atoms with Crippen molar-refractivity contribution in [3.63, 3.8) is 0 Å². The van der Waals surface area contributed by atoms with E-state index >= 15 is 0 Å². The molecule has 1 atom stereocenters. The predicted molar refractivity (Wildman–Crippen MR) is 97.7 cm³/mol. The van der Waals surface area contributed by atoms with Gasteiger partial charge in [0.25, 0.3) is 0 Å². The smallest absolute Gasteiger partial charge is 0.177 e. The predicted octanol–water partition coefficient (Wildman–Crippen LogP) is 3.25. The van der Waals surface area contributed by atoms with Crippen molar-refractivity contribution in [2.45, 2.75) is 5.92 Å². The van der Waals surface area contributed by atoms with Crippen molar-refractivity contribution in [2.24, 2.45) is 0 Å². The maximum atomic E-state index is 4.44. The van der Waals surface area contributed by atoms with Gasteiger partial charge in [0.05, 0.1) is 11.4 Å². The van der Waals surface area contributed by atoms with Crippen LogP contribution in [0.2, 0.25) is 0 Å². The summed E-state index contributed by atoms with van der Waals surface area (Å²) < 4.78 is 1.79. The number of hydrogen-bond donors (Lipinski definition) is 0. The van der Waals surface area contributed by atoms with Crippen molar-refractivity contribution in [2.75, 3.05) is 0 Å². The Labute approximate surface area is 149 Å². The Morgan fingerprint density at radius 1 is 0.769 bits per heavy atom. The molecule has 5 rings (SSSR count). The summed E-state index contributed by atoms with van der Waals surface area (Å²) in [7, 11) is 0. The number of benzene rings is 1. The van der Waals surface area contributed by atoms with Gasteiger partial charge in [0.2, 0.25) is 0 Å². The minimum Gasteiger partial charge on any atom is -0.265 e. The summed E-state index contributed by atoms with van der Waals surface area (Å²) in [5, 5.41) is 14.2. The number of fused-ring (bicyclic) bond motifs is 2. The average Bonchev–Trinajstić information content (AvgIpc) is 3.13. The maximum Gasteiger partial charge on any atom is 0.177 e. The van der Waals surface area contributed by atoms with E-state index in [9.17, 15) is 0 Å². The first-order valence-corrected chi connectivity index (χ1v) is 8.31. The molecule has 4 heterocycles. The van der Waals surface area contributed by atoms with Crippen LogP contribution in [0.1, 0.15) is 22.9 Å². The molecule has 1 unspecified atom stereocenters. The summed E-state index contributed by atoms with van der Waals surface area (Å²) in [5.41, 5.74) is 3.89. The normalized spacial score (nSPS) is 12.5. The molecule has 5 aromatic rings. The Morgan fingerprint density at radius 3 is 2.58 bits per heavy atom. The van der Waals surface area contributed by atoms with E-state index < -0.39 is 0 Å². The van der Waals surface area contributed by atoms with Crippen LogP contribution in [-0.2, 0) is 0 Å². The molecule has 0 radical (unpaired) electrons. The van der Waals surface area contributed by atoms with E-state index in [0.29, 0.717) is 0 Å². The number of aromatic nitrogens is 6. The largest absolute Gasteiger partial charge is 0.265 e. The SMILES string of the molecule is c1cnc2ccc(C(c3ccncc3)c3nnc4cccnn34)cc2c1. The lowest BCUT2D eigenvalue weighted by atomic mass is 9.90. The van der Waals surface area contributed by atoms with Crippen LogP contribution in [0.4, 0.5) is 0 Å². The van der Waals surface area contributed by atoms with E-state index in [0.717, 1.165) is 33.5 Å². The molecule has 1 aromatic carbocycles. The second-order valence-corrected chi connectivity index (χ2v) is 6.02. The van der Waals surface area contributed by atoms with Crippen molar-refractivity contribution in [3.8, 4) is 0 Å². The highest BCUT2D eigenvalue weighted by atomic mass is 15.4. The van der Waals surface area contributed by atoms with Crippen LogP contribution in [0.15, 0.2) is 79.4 Å². The fraction of sp³-hybridized carbons (Fsp3) is 0.0500. The van der Waals surface area contributed by atoms with Crippen molar-refractivity contribution in [1.29, 1.82) is 0 Å². The average molecular weight is 338 g/mol. The molecule has 0 aliphatic rings. The highest BCUT2D eigenvalue weighted by Gasteiger charge is 2.23. The first kappa shape index (κ1) is 14.7. The highest BCUT2D eigenvalue weighted by Crippen LogP contribution is 2.32. The molecule has 0 amide bonds. The van der Waals surface area contributed by atoms with Crippen LogP contribution in [0.3, 0.4) is 0 Å². The molecule has 26 heavy (non-hydrogen) atoms. The van der Waals surface area contributed by atoms with Gasteiger partial charge in [0, 0.05) is 30.2 Å². The van der Waals surface area contributed by atoms with Crippen molar-refractivity contribution >= 4 is 16.6 Å². The summed E-state index contributed by atoms with van der Waals surface area (Å²) >= 11 is 0. The Hall–Kier alpha value is -3.67. The van der Waals surface area contributed by atoms with E-state index in [4.69, 9.17) is 0 Å². The minimum absolute atomic E-state index is 0.104. The molecule has 6 heteroatoms. The van der Waals surface area contributed by atoms with E-state index in [-0.39, 0.29) is 5.92 Å². The molecular formula is C20H14N6. The lowest BCUT2D eigenvalue weighted by Crippen LogP contribution is -2.09. The van der Waals surface area contributed by atoms with E-state index in [1.807, 2.05) is 36.4 Å². The van der Waals surface area contributed by atoms with Gasteiger partial charge in [0.15, 0.2) is 11.5 Å². The molecule has 0 bridgehead atoms. The second-order valence-electron chi connectivity index (χ2n) is 6.02. The topological polar surface area (TPSA) is 68.9 Å². The molecule has 4 aromatic heterocycles. The third-order valence-electron chi connectivity index (χ3n) is 4.46. The lowest BCUT2D eigenvalue weighted by Gasteiger charge is -2.16. The van der Waals surface area contributed by atoms with Gasteiger partial charge in [-0.25, -0.2) is 0 Å². The molecule has 0 aliphatic carbocycles. The van der Waals surface area contributed by atoms with Gasteiger partial charge in [-0.05, 0) is 53.6 Å². The van der Waals surface area contributed by atoms with Gasteiger partial charge in [0.1, 0.15) is 0 Å². The number of hydrogen-bond acceptors (Lipinski definition) is 5. The standard InChI is InChI=1S/C20H14N6/c1-3-15-13-16(5-6-17(15)22-9-1)19(14-7-11-21-12-8-14)20-25-24-18-4-2-10-23-26(18)20/h1-13,19H.